The van der Waals surface area contributed by atoms with Crippen LogP contribution in [-0.4, -0.2) is 47.2 Å². The van der Waals surface area contributed by atoms with Gasteiger partial charge < -0.3 is 14.4 Å². The van der Waals surface area contributed by atoms with Gasteiger partial charge in [-0.1, -0.05) is 35.9 Å². The summed E-state index contributed by atoms with van der Waals surface area (Å²) in [5.41, 5.74) is 2.46. The van der Waals surface area contributed by atoms with Gasteiger partial charge in [0.1, 0.15) is 32.5 Å². The Labute approximate surface area is 237 Å². The van der Waals surface area contributed by atoms with E-state index in [-0.39, 0.29) is 0 Å². The van der Waals surface area contributed by atoms with E-state index in [2.05, 4.69) is 32.0 Å². The van der Waals surface area contributed by atoms with Crippen molar-refractivity contribution in [3.05, 3.63) is 89.6 Å². The minimum Gasteiger partial charge on any atom is -0.497 e. The van der Waals surface area contributed by atoms with Gasteiger partial charge in [0.25, 0.3) is 0 Å². The first-order valence-electron chi connectivity index (χ1n) is 12.2. The number of hydrogen-bond donors (Lipinski definition) is 0. The number of aromatic nitrogens is 4. The second kappa shape index (κ2) is 14.8. The fraction of sp³-hybridized carbons (Fsp3) is 0.286. The average Bonchev–Trinajstić information content (AvgIpc) is 3.52. The molecule has 198 valence electrons. The Morgan fingerprint density at radius 1 is 0.711 bits per heavy atom. The minimum atomic E-state index is 0.421. The number of rotatable bonds is 9. The summed E-state index contributed by atoms with van der Waals surface area (Å²) in [6.07, 6.45) is 9.45. The van der Waals surface area contributed by atoms with Gasteiger partial charge in [-0.05, 0) is 48.2 Å². The first kappa shape index (κ1) is 28.0. The maximum atomic E-state index is 5.76. The molecule has 0 amide bonds. The molecule has 0 aliphatic carbocycles. The zero-order valence-corrected chi connectivity index (χ0v) is 23.8. The molecule has 0 spiro atoms. The van der Waals surface area contributed by atoms with Crippen molar-refractivity contribution >= 4 is 40.9 Å². The van der Waals surface area contributed by atoms with Crippen LogP contribution < -0.4 is 14.4 Å². The number of hydrogen-bond acceptors (Lipinski definition) is 9. The van der Waals surface area contributed by atoms with Crippen molar-refractivity contribution in [2.75, 3.05) is 32.2 Å². The van der Waals surface area contributed by atoms with Crippen LogP contribution in [0.4, 0.5) is 5.82 Å². The molecule has 0 atom stereocenters. The minimum absolute atomic E-state index is 0.421. The van der Waals surface area contributed by atoms with Gasteiger partial charge in [0.15, 0.2) is 0 Å². The third-order valence-electron chi connectivity index (χ3n) is 5.70. The van der Waals surface area contributed by atoms with Crippen LogP contribution in [-0.2, 0) is 11.5 Å². The SMILES string of the molecule is COc1ccc(CSc2cncc(Cl)n2)cc1.COc1ccc(CSc2cncc(N3CCCC3)n2)cc1. The third-order valence-corrected chi connectivity index (χ3v) is 7.83. The molecule has 1 saturated heterocycles. The molecule has 0 radical (unpaired) electrons. The van der Waals surface area contributed by atoms with E-state index in [4.69, 9.17) is 26.1 Å². The summed E-state index contributed by atoms with van der Waals surface area (Å²) in [6, 6.07) is 16.1. The largest absolute Gasteiger partial charge is 0.497 e. The van der Waals surface area contributed by atoms with Gasteiger partial charge >= 0.3 is 0 Å². The van der Waals surface area contributed by atoms with Crippen LogP contribution in [0.25, 0.3) is 0 Å². The van der Waals surface area contributed by atoms with Gasteiger partial charge in [-0.2, -0.15) is 0 Å². The van der Waals surface area contributed by atoms with Gasteiger partial charge in [-0.15, -0.1) is 23.5 Å². The standard InChI is InChI=1S/C16H19N3OS.C12H11ClN2OS/c1-20-14-6-4-13(5-7-14)12-21-16-11-17-10-15(18-16)19-8-2-3-9-19;1-16-10-4-2-9(3-5-10)8-17-12-7-14-6-11(13)15-12/h4-7,10-11H,2-3,8-9,12H2,1H3;2-7H,8H2,1H3. The number of thioether (sulfide) groups is 2. The fourth-order valence-corrected chi connectivity index (χ4v) is 5.46. The van der Waals surface area contributed by atoms with Crippen molar-refractivity contribution in [3.8, 4) is 11.5 Å². The zero-order chi connectivity index (χ0) is 26.6. The summed E-state index contributed by atoms with van der Waals surface area (Å²) < 4.78 is 10.3. The van der Waals surface area contributed by atoms with Crippen LogP contribution in [0.2, 0.25) is 5.15 Å². The second-order valence-electron chi connectivity index (χ2n) is 8.36. The summed E-state index contributed by atoms with van der Waals surface area (Å²) in [5.74, 6) is 4.48. The van der Waals surface area contributed by atoms with Crippen LogP contribution in [0, 0.1) is 0 Å². The molecular weight excluding hydrogens is 538 g/mol. The molecule has 1 aliphatic heterocycles. The smallest absolute Gasteiger partial charge is 0.148 e. The highest BCUT2D eigenvalue weighted by Gasteiger charge is 2.14. The van der Waals surface area contributed by atoms with E-state index >= 15 is 0 Å². The molecule has 7 nitrogen and oxygen atoms in total. The van der Waals surface area contributed by atoms with Crippen molar-refractivity contribution in [1.29, 1.82) is 0 Å². The lowest BCUT2D eigenvalue weighted by atomic mass is 10.2. The molecule has 4 aromatic rings. The van der Waals surface area contributed by atoms with Crippen molar-refractivity contribution < 1.29 is 9.47 Å². The molecule has 1 fully saturated rings. The zero-order valence-electron chi connectivity index (χ0n) is 21.4. The summed E-state index contributed by atoms with van der Waals surface area (Å²) in [6.45, 7) is 2.20. The Morgan fingerprint density at radius 3 is 1.71 bits per heavy atom. The first-order valence-corrected chi connectivity index (χ1v) is 14.5. The fourth-order valence-electron chi connectivity index (χ4n) is 3.66. The Morgan fingerprint density at radius 2 is 1.21 bits per heavy atom. The maximum Gasteiger partial charge on any atom is 0.148 e. The van der Waals surface area contributed by atoms with E-state index in [1.165, 1.54) is 30.2 Å². The Hall–Kier alpha value is -3.01. The molecule has 1 aliphatic rings. The summed E-state index contributed by atoms with van der Waals surface area (Å²) in [7, 11) is 3.34. The second-order valence-corrected chi connectivity index (χ2v) is 10.7. The van der Waals surface area contributed by atoms with E-state index in [0.29, 0.717) is 5.15 Å². The molecule has 0 unspecified atom stereocenters. The Balaban J connectivity index is 0.000000181. The van der Waals surface area contributed by atoms with Gasteiger partial charge in [0.2, 0.25) is 0 Å². The van der Waals surface area contributed by atoms with Crippen LogP contribution in [0.3, 0.4) is 0 Å². The van der Waals surface area contributed by atoms with Crippen molar-refractivity contribution in [1.82, 2.24) is 19.9 Å². The predicted octanol–water partition coefficient (Wildman–Crippen LogP) is 6.81. The normalized spacial score (nSPS) is 12.6. The number of benzene rings is 2. The van der Waals surface area contributed by atoms with Crippen LogP contribution >= 0.6 is 35.1 Å². The van der Waals surface area contributed by atoms with E-state index in [1.807, 2.05) is 48.8 Å². The quantitative estimate of drug-likeness (QED) is 0.203. The van der Waals surface area contributed by atoms with Crippen LogP contribution in [0.1, 0.15) is 24.0 Å². The van der Waals surface area contributed by atoms with Crippen LogP contribution in [0.15, 0.2) is 83.4 Å². The Kier molecular flexibility index (Phi) is 10.9. The lowest BCUT2D eigenvalue weighted by Gasteiger charge is -2.16. The van der Waals surface area contributed by atoms with Crippen molar-refractivity contribution in [3.63, 3.8) is 0 Å². The van der Waals surface area contributed by atoms with E-state index in [9.17, 15) is 0 Å². The van der Waals surface area contributed by atoms with Gasteiger partial charge in [0, 0.05) is 24.6 Å². The van der Waals surface area contributed by atoms with E-state index < -0.39 is 0 Å². The van der Waals surface area contributed by atoms with Gasteiger partial charge in [0.05, 0.1) is 39.0 Å². The highest BCUT2D eigenvalue weighted by atomic mass is 35.5. The van der Waals surface area contributed by atoms with Crippen LogP contribution in [0.5, 0.6) is 11.5 Å². The number of nitrogens with zero attached hydrogens (tertiary/aromatic N) is 5. The Bertz CT molecular complexity index is 1270. The first-order chi connectivity index (χ1) is 18.6. The predicted molar refractivity (Wildman–Crippen MR) is 156 cm³/mol. The number of methoxy groups -OCH3 is 2. The molecular formula is C28H30ClN5O2S2. The molecule has 10 heteroatoms. The third kappa shape index (κ3) is 8.79. The summed E-state index contributed by atoms with van der Waals surface area (Å²) >= 11 is 9.08. The number of anilines is 1. The van der Waals surface area contributed by atoms with Crippen molar-refractivity contribution in [2.24, 2.45) is 0 Å². The van der Waals surface area contributed by atoms with E-state index in [0.717, 1.165) is 52.0 Å². The number of ether oxygens (including phenoxy) is 2. The topological polar surface area (TPSA) is 73.3 Å². The summed E-state index contributed by atoms with van der Waals surface area (Å²) in [4.78, 5) is 19.5. The molecule has 2 aromatic heterocycles. The molecule has 2 aromatic carbocycles. The van der Waals surface area contributed by atoms with Gasteiger partial charge in [-0.3, -0.25) is 9.97 Å². The number of halogens is 1. The maximum absolute atomic E-state index is 5.76. The molecule has 0 bridgehead atoms. The highest BCUT2D eigenvalue weighted by Crippen LogP contribution is 2.25. The average molecular weight is 568 g/mol. The highest BCUT2D eigenvalue weighted by molar-refractivity contribution is 7.98. The molecule has 0 N–H and O–H groups in total. The lowest BCUT2D eigenvalue weighted by molar-refractivity contribution is 0.414. The monoisotopic (exact) mass is 567 g/mol. The molecule has 0 saturated carbocycles. The molecule has 3 heterocycles. The summed E-state index contributed by atoms with van der Waals surface area (Å²) in [5, 5.41) is 2.23. The molecule has 5 rings (SSSR count). The van der Waals surface area contributed by atoms with Gasteiger partial charge in [-0.25, -0.2) is 9.97 Å². The lowest BCUT2D eigenvalue weighted by Crippen LogP contribution is -2.19. The molecule has 38 heavy (non-hydrogen) atoms. The van der Waals surface area contributed by atoms with E-state index in [1.54, 1.807) is 43.9 Å². The van der Waals surface area contributed by atoms with Crippen molar-refractivity contribution in [2.45, 2.75) is 34.4 Å².